The zero-order valence-electron chi connectivity index (χ0n) is 13.9. The van der Waals surface area contributed by atoms with E-state index in [0.717, 1.165) is 11.4 Å². The normalized spacial score (nSPS) is 16.8. The predicted molar refractivity (Wildman–Crippen MR) is 92.2 cm³/mol. The molecule has 1 N–H and O–H groups in total. The number of nitrogens with one attached hydrogen (secondary N) is 1. The van der Waals surface area contributed by atoms with E-state index in [1.54, 1.807) is 4.90 Å². The van der Waals surface area contributed by atoms with Crippen molar-refractivity contribution < 1.29 is 18.7 Å². The van der Waals surface area contributed by atoms with Crippen LogP contribution in [0, 0.1) is 5.82 Å². The summed E-state index contributed by atoms with van der Waals surface area (Å²) in [6.07, 6.45) is 0.236. The van der Waals surface area contributed by atoms with Crippen LogP contribution < -0.4 is 15.0 Å². The number of nitrogens with zero attached hydrogens (tertiary/aromatic N) is 1. The number of hydrogen-bond acceptors (Lipinski definition) is 3. The standard InChI is InChI=1S/C19H19FN2O3/c1-2-25-17-9-7-16(8-10-17)22-12-15(11-18(22)23)21-19(24)13-3-5-14(20)6-4-13/h3-10,15H,2,11-12H2,1H3,(H,21,24). The zero-order chi connectivity index (χ0) is 17.8. The minimum Gasteiger partial charge on any atom is -0.494 e. The summed E-state index contributed by atoms with van der Waals surface area (Å²) >= 11 is 0. The first-order chi connectivity index (χ1) is 12.1. The molecule has 1 atom stereocenters. The number of benzene rings is 2. The molecule has 0 aliphatic carbocycles. The van der Waals surface area contributed by atoms with Crippen LogP contribution in [0.5, 0.6) is 5.75 Å². The first kappa shape index (κ1) is 17.0. The molecule has 2 aromatic carbocycles. The molecule has 2 aromatic rings. The van der Waals surface area contributed by atoms with Gasteiger partial charge in [0.1, 0.15) is 11.6 Å². The summed E-state index contributed by atoms with van der Waals surface area (Å²) in [7, 11) is 0. The minimum atomic E-state index is -0.394. The Morgan fingerprint density at radius 2 is 1.88 bits per heavy atom. The van der Waals surface area contributed by atoms with Crippen molar-refractivity contribution in [2.24, 2.45) is 0 Å². The van der Waals surface area contributed by atoms with E-state index in [0.29, 0.717) is 18.7 Å². The molecule has 25 heavy (non-hydrogen) atoms. The molecular formula is C19H19FN2O3. The molecular weight excluding hydrogens is 323 g/mol. The lowest BCUT2D eigenvalue weighted by atomic mass is 10.2. The summed E-state index contributed by atoms with van der Waals surface area (Å²) in [6.45, 7) is 2.89. The molecule has 3 rings (SSSR count). The summed E-state index contributed by atoms with van der Waals surface area (Å²) in [6, 6.07) is 12.3. The second-order valence-corrected chi connectivity index (χ2v) is 5.81. The van der Waals surface area contributed by atoms with Gasteiger partial charge in [0.05, 0.1) is 12.6 Å². The number of carbonyl (C=O) groups is 2. The van der Waals surface area contributed by atoms with Crippen LogP contribution in [-0.4, -0.2) is 31.0 Å². The van der Waals surface area contributed by atoms with Gasteiger partial charge in [-0.05, 0) is 55.5 Å². The molecule has 0 spiro atoms. The molecule has 1 aliphatic heterocycles. The highest BCUT2D eigenvalue weighted by Crippen LogP contribution is 2.24. The number of rotatable bonds is 5. The Balaban J connectivity index is 1.63. The second kappa shape index (κ2) is 7.34. The summed E-state index contributed by atoms with van der Waals surface area (Å²) in [5.41, 5.74) is 1.14. The van der Waals surface area contributed by atoms with E-state index in [1.807, 2.05) is 31.2 Å². The maximum absolute atomic E-state index is 12.9. The Hall–Kier alpha value is -2.89. The Bertz CT molecular complexity index is 759. The fraction of sp³-hybridized carbons (Fsp3) is 0.263. The van der Waals surface area contributed by atoms with E-state index in [2.05, 4.69) is 5.32 Å². The maximum Gasteiger partial charge on any atom is 0.251 e. The molecule has 130 valence electrons. The first-order valence-corrected chi connectivity index (χ1v) is 8.16. The van der Waals surface area contributed by atoms with E-state index >= 15 is 0 Å². The largest absolute Gasteiger partial charge is 0.494 e. The fourth-order valence-electron chi connectivity index (χ4n) is 2.81. The number of hydrogen-bond donors (Lipinski definition) is 1. The fourth-order valence-corrected chi connectivity index (χ4v) is 2.81. The first-order valence-electron chi connectivity index (χ1n) is 8.16. The molecule has 1 aliphatic rings. The number of amides is 2. The molecule has 0 bridgehead atoms. The van der Waals surface area contributed by atoms with Crippen LogP contribution in [0.4, 0.5) is 10.1 Å². The third-order valence-corrected chi connectivity index (χ3v) is 4.03. The Morgan fingerprint density at radius 1 is 1.20 bits per heavy atom. The van der Waals surface area contributed by atoms with E-state index in [9.17, 15) is 14.0 Å². The molecule has 0 saturated carbocycles. The molecule has 1 heterocycles. The van der Waals surface area contributed by atoms with Gasteiger partial charge in [0, 0.05) is 24.2 Å². The molecule has 1 saturated heterocycles. The summed E-state index contributed by atoms with van der Waals surface area (Å²) in [5, 5.41) is 2.83. The molecule has 1 fully saturated rings. The van der Waals surface area contributed by atoms with Gasteiger partial charge in [-0.25, -0.2) is 4.39 Å². The van der Waals surface area contributed by atoms with Gasteiger partial charge in [0.2, 0.25) is 5.91 Å². The van der Waals surface area contributed by atoms with Crippen molar-refractivity contribution in [3.05, 3.63) is 59.9 Å². The molecule has 0 aromatic heterocycles. The number of halogens is 1. The maximum atomic E-state index is 12.9. The minimum absolute atomic E-state index is 0.0476. The lowest BCUT2D eigenvalue weighted by Gasteiger charge is -2.17. The van der Waals surface area contributed by atoms with Crippen molar-refractivity contribution in [3.63, 3.8) is 0 Å². The average Bonchev–Trinajstić information content (AvgIpc) is 2.96. The van der Waals surface area contributed by atoms with Gasteiger partial charge in [0.15, 0.2) is 0 Å². The van der Waals surface area contributed by atoms with Crippen LogP contribution >= 0.6 is 0 Å². The van der Waals surface area contributed by atoms with Crippen LogP contribution in [0.2, 0.25) is 0 Å². The molecule has 1 unspecified atom stereocenters. The lowest BCUT2D eigenvalue weighted by Crippen LogP contribution is -2.37. The predicted octanol–water partition coefficient (Wildman–Crippen LogP) is 2.76. The highest BCUT2D eigenvalue weighted by atomic mass is 19.1. The zero-order valence-corrected chi connectivity index (χ0v) is 13.9. The molecule has 5 nitrogen and oxygen atoms in total. The van der Waals surface area contributed by atoms with E-state index < -0.39 is 5.82 Å². The SMILES string of the molecule is CCOc1ccc(N2CC(NC(=O)c3ccc(F)cc3)CC2=O)cc1. The van der Waals surface area contributed by atoms with Gasteiger partial charge < -0.3 is 15.0 Å². The molecule has 2 amide bonds. The van der Waals surface area contributed by atoms with Crippen LogP contribution in [0.3, 0.4) is 0 Å². The van der Waals surface area contributed by atoms with Crippen molar-refractivity contribution >= 4 is 17.5 Å². The van der Waals surface area contributed by atoms with Crippen molar-refractivity contribution in [3.8, 4) is 5.75 Å². The summed E-state index contributed by atoms with van der Waals surface area (Å²) in [4.78, 5) is 26.1. The van der Waals surface area contributed by atoms with E-state index in [4.69, 9.17) is 4.74 Å². The Kier molecular flexibility index (Phi) is 4.97. The van der Waals surface area contributed by atoms with Crippen LogP contribution in [0.15, 0.2) is 48.5 Å². The highest BCUT2D eigenvalue weighted by Gasteiger charge is 2.31. The van der Waals surface area contributed by atoms with Crippen LogP contribution in [-0.2, 0) is 4.79 Å². The molecule has 6 heteroatoms. The van der Waals surface area contributed by atoms with Gasteiger partial charge in [0.25, 0.3) is 5.91 Å². The van der Waals surface area contributed by atoms with Gasteiger partial charge in [-0.2, -0.15) is 0 Å². The topological polar surface area (TPSA) is 58.6 Å². The highest BCUT2D eigenvalue weighted by molar-refractivity contribution is 5.98. The monoisotopic (exact) mass is 342 g/mol. The van der Waals surface area contributed by atoms with Crippen molar-refractivity contribution in [1.29, 1.82) is 0 Å². The van der Waals surface area contributed by atoms with Crippen LogP contribution in [0.25, 0.3) is 0 Å². The second-order valence-electron chi connectivity index (χ2n) is 5.81. The smallest absolute Gasteiger partial charge is 0.251 e. The number of ether oxygens (including phenoxy) is 1. The van der Waals surface area contributed by atoms with E-state index in [1.165, 1.54) is 24.3 Å². The number of carbonyl (C=O) groups excluding carboxylic acids is 2. The average molecular weight is 342 g/mol. The third-order valence-electron chi connectivity index (χ3n) is 4.03. The van der Waals surface area contributed by atoms with Crippen molar-refractivity contribution in [2.45, 2.75) is 19.4 Å². The van der Waals surface area contributed by atoms with Gasteiger partial charge in [-0.15, -0.1) is 0 Å². The Labute approximate surface area is 145 Å². The van der Waals surface area contributed by atoms with Crippen molar-refractivity contribution in [2.75, 3.05) is 18.1 Å². The number of anilines is 1. The van der Waals surface area contributed by atoms with Crippen molar-refractivity contribution in [1.82, 2.24) is 5.32 Å². The van der Waals surface area contributed by atoms with E-state index in [-0.39, 0.29) is 24.3 Å². The quantitative estimate of drug-likeness (QED) is 0.909. The third kappa shape index (κ3) is 3.96. The van der Waals surface area contributed by atoms with Crippen LogP contribution in [0.1, 0.15) is 23.7 Å². The van der Waals surface area contributed by atoms with Gasteiger partial charge in [-0.3, -0.25) is 9.59 Å². The summed E-state index contributed by atoms with van der Waals surface area (Å²) < 4.78 is 18.3. The Morgan fingerprint density at radius 3 is 2.52 bits per heavy atom. The lowest BCUT2D eigenvalue weighted by molar-refractivity contribution is -0.117. The molecule has 0 radical (unpaired) electrons. The van der Waals surface area contributed by atoms with Gasteiger partial charge in [-0.1, -0.05) is 0 Å². The van der Waals surface area contributed by atoms with Gasteiger partial charge >= 0.3 is 0 Å². The summed E-state index contributed by atoms with van der Waals surface area (Å²) in [5.74, 6) is -0.00626.